The Morgan fingerprint density at radius 1 is 1.08 bits per heavy atom. The number of nitrogens with one attached hydrogen (secondary N) is 2. The molecule has 1 aromatic carbocycles. The Hall–Kier alpha value is -2.32. The first-order chi connectivity index (χ1) is 12.7. The Morgan fingerprint density at radius 3 is 2.31 bits per heavy atom. The van der Waals surface area contributed by atoms with E-state index in [1.54, 1.807) is 0 Å². The van der Waals surface area contributed by atoms with Crippen molar-refractivity contribution in [2.45, 2.75) is 19.6 Å². The van der Waals surface area contributed by atoms with Gasteiger partial charge >= 0.3 is 12.2 Å². The maximum absolute atomic E-state index is 11.8. The zero-order valence-corrected chi connectivity index (χ0v) is 15.2. The number of hydrogen-bond acceptors (Lipinski definition) is 6. The van der Waals surface area contributed by atoms with Crippen LogP contribution in [0.1, 0.15) is 17.5 Å². The van der Waals surface area contributed by atoms with Crippen LogP contribution in [0, 0.1) is 0 Å². The largest absolute Gasteiger partial charge is 0.445 e. The highest BCUT2D eigenvalue weighted by molar-refractivity contribution is 5.67. The van der Waals surface area contributed by atoms with Crippen LogP contribution < -0.4 is 10.6 Å². The molecule has 0 unspecified atom stereocenters. The van der Waals surface area contributed by atoms with Gasteiger partial charge in [-0.3, -0.25) is 4.90 Å². The molecule has 26 heavy (non-hydrogen) atoms. The van der Waals surface area contributed by atoms with Gasteiger partial charge in [0.15, 0.2) is 0 Å². The fourth-order valence-electron chi connectivity index (χ4n) is 2.57. The summed E-state index contributed by atoms with van der Waals surface area (Å²) in [5.41, 5.74) is 1.61. The quantitative estimate of drug-likeness (QED) is 0.679. The second-order valence-corrected chi connectivity index (χ2v) is 5.91. The first-order valence-electron chi connectivity index (χ1n) is 8.81. The summed E-state index contributed by atoms with van der Waals surface area (Å²) >= 11 is 0. The van der Waals surface area contributed by atoms with Crippen molar-refractivity contribution in [2.75, 3.05) is 46.4 Å². The van der Waals surface area contributed by atoms with Gasteiger partial charge in [-0.25, -0.2) is 9.59 Å². The van der Waals surface area contributed by atoms with Gasteiger partial charge in [-0.1, -0.05) is 24.3 Å². The van der Waals surface area contributed by atoms with Crippen molar-refractivity contribution in [2.24, 2.45) is 0 Å². The van der Waals surface area contributed by atoms with Crippen LogP contribution in [0.4, 0.5) is 9.59 Å². The fraction of sp³-hybridized carbons (Fsp3) is 0.556. The van der Waals surface area contributed by atoms with Crippen molar-refractivity contribution >= 4 is 12.2 Å². The van der Waals surface area contributed by atoms with Crippen LogP contribution in [0.25, 0.3) is 0 Å². The zero-order valence-electron chi connectivity index (χ0n) is 15.2. The highest BCUT2D eigenvalue weighted by Crippen LogP contribution is 2.11. The van der Waals surface area contributed by atoms with Crippen molar-refractivity contribution in [1.82, 2.24) is 15.5 Å². The molecular weight excluding hydrogens is 338 g/mol. The zero-order chi connectivity index (χ0) is 18.6. The number of hydrogen-bond donors (Lipinski definition) is 2. The fourth-order valence-corrected chi connectivity index (χ4v) is 2.57. The second-order valence-electron chi connectivity index (χ2n) is 5.91. The van der Waals surface area contributed by atoms with E-state index in [4.69, 9.17) is 14.2 Å². The lowest BCUT2D eigenvalue weighted by atomic mass is 10.1. The third kappa shape index (κ3) is 7.28. The molecule has 1 aliphatic rings. The van der Waals surface area contributed by atoms with Gasteiger partial charge in [0.25, 0.3) is 0 Å². The lowest BCUT2D eigenvalue weighted by molar-refractivity contribution is 0.0374. The Labute approximate surface area is 153 Å². The van der Waals surface area contributed by atoms with Gasteiger partial charge < -0.3 is 24.8 Å². The van der Waals surface area contributed by atoms with Gasteiger partial charge in [0.2, 0.25) is 0 Å². The highest BCUT2D eigenvalue weighted by atomic mass is 16.6. The van der Waals surface area contributed by atoms with E-state index in [2.05, 4.69) is 15.5 Å². The monoisotopic (exact) mass is 365 g/mol. The van der Waals surface area contributed by atoms with Crippen molar-refractivity contribution in [3.63, 3.8) is 0 Å². The Kier molecular flexibility index (Phi) is 8.71. The Balaban J connectivity index is 1.65. The lowest BCUT2D eigenvalue weighted by Gasteiger charge is -2.26. The van der Waals surface area contributed by atoms with E-state index in [9.17, 15) is 9.59 Å². The van der Waals surface area contributed by atoms with Gasteiger partial charge in [0.05, 0.1) is 13.2 Å². The predicted molar refractivity (Wildman–Crippen MR) is 95.8 cm³/mol. The number of amides is 2. The summed E-state index contributed by atoms with van der Waals surface area (Å²) in [5, 5.41) is 5.15. The van der Waals surface area contributed by atoms with Crippen LogP contribution in [0.3, 0.4) is 0 Å². The van der Waals surface area contributed by atoms with Crippen LogP contribution in [-0.2, 0) is 27.4 Å². The second kappa shape index (κ2) is 11.3. The van der Waals surface area contributed by atoms with Gasteiger partial charge in [-0.2, -0.15) is 0 Å². The molecule has 1 fully saturated rings. The van der Waals surface area contributed by atoms with Crippen molar-refractivity contribution < 1.29 is 23.8 Å². The van der Waals surface area contributed by atoms with E-state index in [-0.39, 0.29) is 13.2 Å². The molecule has 1 heterocycles. The molecule has 1 aromatic rings. The van der Waals surface area contributed by atoms with Crippen molar-refractivity contribution in [1.29, 1.82) is 0 Å². The number of carbonyl (C=O) groups is 2. The van der Waals surface area contributed by atoms with Crippen LogP contribution in [-0.4, -0.2) is 63.5 Å². The molecule has 0 bridgehead atoms. The molecule has 0 spiro atoms. The van der Waals surface area contributed by atoms with E-state index < -0.39 is 12.2 Å². The number of alkyl carbamates (subject to hydrolysis) is 2. The number of benzene rings is 1. The molecule has 2 amide bonds. The maximum atomic E-state index is 11.8. The summed E-state index contributed by atoms with van der Waals surface area (Å²) in [6.07, 6.45) is -0.0845. The summed E-state index contributed by atoms with van der Waals surface area (Å²) in [6.45, 7) is 5.19. The molecule has 0 aliphatic carbocycles. The molecular formula is C18H27N3O5. The summed E-state index contributed by atoms with van der Waals surface area (Å²) in [6, 6.07) is 7.37. The highest BCUT2D eigenvalue weighted by Gasteiger charge is 2.10. The molecule has 0 saturated carbocycles. The smallest absolute Gasteiger partial charge is 0.407 e. The molecule has 2 N–H and O–H groups in total. The minimum atomic E-state index is -0.501. The number of morpholine rings is 1. The number of nitrogens with zero attached hydrogens (tertiary/aromatic N) is 1. The van der Waals surface area contributed by atoms with Crippen LogP contribution in [0.2, 0.25) is 0 Å². The van der Waals surface area contributed by atoms with Crippen LogP contribution in [0.15, 0.2) is 24.3 Å². The van der Waals surface area contributed by atoms with Gasteiger partial charge in [0.1, 0.15) is 13.2 Å². The Morgan fingerprint density at radius 2 is 1.69 bits per heavy atom. The minimum absolute atomic E-state index is 0.125. The molecule has 0 atom stereocenters. The molecule has 0 aromatic heterocycles. The first-order valence-corrected chi connectivity index (χ1v) is 8.81. The van der Waals surface area contributed by atoms with Crippen LogP contribution in [0.5, 0.6) is 0 Å². The molecule has 0 radical (unpaired) electrons. The normalized spacial score (nSPS) is 14.5. The van der Waals surface area contributed by atoms with E-state index >= 15 is 0 Å². The average Bonchev–Trinajstić information content (AvgIpc) is 2.69. The predicted octanol–water partition coefficient (Wildman–Crippen LogP) is 1.49. The molecule has 2 rings (SSSR count). The van der Waals surface area contributed by atoms with Crippen LogP contribution >= 0.6 is 0 Å². The third-order valence-electron chi connectivity index (χ3n) is 4.06. The maximum Gasteiger partial charge on any atom is 0.407 e. The number of carbonyl (C=O) groups excluding carboxylic acids is 2. The average molecular weight is 365 g/mol. The molecule has 8 nitrogen and oxygen atoms in total. The topological polar surface area (TPSA) is 89.1 Å². The van der Waals surface area contributed by atoms with E-state index in [1.807, 2.05) is 24.3 Å². The van der Waals surface area contributed by atoms with Crippen molar-refractivity contribution in [3.8, 4) is 0 Å². The van der Waals surface area contributed by atoms with Gasteiger partial charge in [-0.15, -0.1) is 0 Å². The summed E-state index contributed by atoms with van der Waals surface area (Å²) in [4.78, 5) is 25.3. The number of rotatable bonds is 8. The van der Waals surface area contributed by atoms with Gasteiger partial charge in [0, 0.05) is 26.7 Å². The summed E-state index contributed by atoms with van der Waals surface area (Å²) in [7, 11) is 1.50. The lowest BCUT2D eigenvalue weighted by Crippen LogP contribution is -2.38. The van der Waals surface area contributed by atoms with E-state index in [1.165, 1.54) is 7.05 Å². The molecule has 8 heteroatoms. The Bertz CT molecular complexity index is 576. The first kappa shape index (κ1) is 20.0. The standard InChI is InChI=1S/C18H27N3O5/c1-19-17(22)25-13-15-5-2-3-6-16(15)14-26-18(23)20-7-4-8-21-9-11-24-12-10-21/h2-3,5-6H,4,7-14H2,1H3,(H,19,22)(H,20,23). The molecule has 1 aliphatic heterocycles. The summed E-state index contributed by atoms with van der Waals surface area (Å²) in [5.74, 6) is 0. The van der Waals surface area contributed by atoms with Gasteiger partial charge in [-0.05, 0) is 24.1 Å². The molecule has 1 saturated heterocycles. The van der Waals surface area contributed by atoms with Crippen molar-refractivity contribution in [3.05, 3.63) is 35.4 Å². The van der Waals surface area contributed by atoms with E-state index in [0.29, 0.717) is 6.54 Å². The third-order valence-corrected chi connectivity index (χ3v) is 4.06. The molecule has 144 valence electrons. The number of ether oxygens (including phenoxy) is 3. The SMILES string of the molecule is CNC(=O)OCc1ccccc1COC(=O)NCCCN1CCOCC1. The minimum Gasteiger partial charge on any atom is -0.445 e. The van der Waals surface area contributed by atoms with E-state index in [0.717, 1.165) is 50.4 Å². The summed E-state index contributed by atoms with van der Waals surface area (Å²) < 4.78 is 15.6.